The highest BCUT2D eigenvalue weighted by Gasteiger charge is 2.36. The highest BCUT2D eigenvalue weighted by atomic mass is 79.9. The van der Waals surface area contributed by atoms with Gasteiger partial charge in [0.1, 0.15) is 0 Å². The van der Waals surface area contributed by atoms with Crippen LogP contribution in [-0.2, 0) is 14.4 Å². The number of nitrogens with one attached hydrogen (secondary N) is 2. The summed E-state index contributed by atoms with van der Waals surface area (Å²) in [5.41, 5.74) is 5.74. The van der Waals surface area contributed by atoms with Crippen molar-refractivity contribution in [3.63, 3.8) is 0 Å². The summed E-state index contributed by atoms with van der Waals surface area (Å²) in [5, 5.41) is 0. The monoisotopic (exact) mass is 393 g/mol. The first-order chi connectivity index (χ1) is 11.6. The van der Waals surface area contributed by atoms with Gasteiger partial charge < -0.3 is 4.90 Å². The van der Waals surface area contributed by atoms with Gasteiger partial charge in [-0.25, -0.2) is 0 Å². The fourth-order valence-electron chi connectivity index (χ4n) is 3.30. The number of amides is 3. The van der Waals surface area contributed by atoms with Crippen molar-refractivity contribution >= 4 is 39.3 Å². The molecule has 2 N–H and O–H groups in total. The number of rotatable bonds is 3. The van der Waals surface area contributed by atoms with Crippen LogP contribution in [0.15, 0.2) is 28.7 Å². The van der Waals surface area contributed by atoms with Crippen molar-refractivity contribution in [2.24, 2.45) is 11.8 Å². The Labute approximate surface area is 149 Å². The lowest BCUT2D eigenvalue weighted by molar-refractivity contribution is -0.133. The Balaban J connectivity index is 1.56. The number of nitrogens with zero attached hydrogens (tertiary/aromatic N) is 1. The van der Waals surface area contributed by atoms with Crippen LogP contribution >= 0.6 is 15.9 Å². The number of hydrazine groups is 1. The zero-order valence-electron chi connectivity index (χ0n) is 13.3. The van der Waals surface area contributed by atoms with Crippen molar-refractivity contribution in [3.8, 4) is 0 Å². The summed E-state index contributed by atoms with van der Waals surface area (Å²) in [4.78, 5) is 38.0. The van der Waals surface area contributed by atoms with Crippen molar-refractivity contribution in [3.05, 3.63) is 28.7 Å². The third-order valence-electron chi connectivity index (χ3n) is 4.67. The summed E-state index contributed by atoms with van der Waals surface area (Å²) in [6.07, 6.45) is 4.01. The van der Waals surface area contributed by atoms with E-state index in [1.807, 2.05) is 24.3 Å². The van der Waals surface area contributed by atoms with Crippen LogP contribution in [0.3, 0.4) is 0 Å². The predicted molar refractivity (Wildman–Crippen MR) is 92.8 cm³/mol. The second kappa shape index (κ2) is 7.34. The van der Waals surface area contributed by atoms with E-state index in [0.717, 1.165) is 35.8 Å². The van der Waals surface area contributed by atoms with Gasteiger partial charge in [0.25, 0.3) is 0 Å². The smallest absolute Gasteiger partial charge is 0.243 e. The van der Waals surface area contributed by atoms with Crippen LogP contribution in [0.2, 0.25) is 0 Å². The SMILES string of the molecule is O=C(NNC(=O)[C@H]1CC(=O)N(c2ccccc2Br)C1)C1CCCC1. The molecule has 0 radical (unpaired) electrons. The molecule has 128 valence electrons. The van der Waals surface area contributed by atoms with E-state index in [0.29, 0.717) is 6.54 Å². The minimum atomic E-state index is -0.464. The Hall–Kier alpha value is -1.89. The van der Waals surface area contributed by atoms with Gasteiger partial charge in [0.15, 0.2) is 0 Å². The van der Waals surface area contributed by atoms with Crippen molar-refractivity contribution in [1.82, 2.24) is 10.9 Å². The fraction of sp³-hybridized carbons (Fsp3) is 0.471. The van der Waals surface area contributed by atoms with E-state index in [-0.39, 0.29) is 30.1 Å². The van der Waals surface area contributed by atoms with Gasteiger partial charge in [-0.2, -0.15) is 0 Å². The molecule has 1 aromatic rings. The normalized spacial score (nSPS) is 21.1. The van der Waals surface area contributed by atoms with Crippen LogP contribution in [0, 0.1) is 11.8 Å². The topological polar surface area (TPSA) is 78.5 Å². The van der Waals surface area contributed by atoms with Gasteiger partial charge in [0.05, 0.1) is 11.6 Å². The van der Waals surface area contributed by atoms with Gasteiger partial charge in [-0.1, -0.05) is 25.0 Å². The minimum Gasteiger partial charge on any atom is -0.310 e. The fourth-order valence-corrected chi connectivity index (χ4v) is 3.80. The van der Waals surface area contributed by atoms with Crippen LogP contribution in [0.5, 0.6) is 0 Å². The van der Waals surface area contributed by atoms with E-state index < -0.39 is 5.92 Å². The Kier molecular flexibility index (Phi) is 5.18. The molecule has 1 heterocycles. The van der Waals surface area contributed by atoms with Gasteiger partial charge in [0, 0.05) is 23.4 Å². The molecule has 1 aliphatic carbocycles. The first-order valence-corrected chi connectivity index (χ1v) is 9.00. The van der Waals surface area contributed by atoms with E-state index >= 15 is 0 Å². The lowest BCUT2D eigenvalue weighted by Crippen LogP contribution is -2.47. The first kappa shape index (κ1) is 17.0. The van der Waals surface area contributed by atoms with Crippen LogP contribution in [0.1, 0.15) is 32.1 Å². The zero-order valence-corrected chi connectivity index (χ0v) is 14.8. The van der Waals surface area contributed by atoms with E-state index in [1.54, 1.807) is 4.90 Å². The third kappa shape index (κ3) is 3.61. The zero-order chi connectivity index (χ0) is 17.1. The average Bonchev–Trinajstić information content (AvgIpc) is 3.23. The molecule has 0 aromatic heterocycles. The molecule has 0 unspecified atom stereocenters. The number of halogens is 1. The van der Waals surface area contributed by atoms with Crippen molar-refractivity contribution < 1.29 is 14.4 Å². The molecular formula is C17H20BrN3O3. The molecule has 1 aliphatic heterocycles. The van der Waals surface area contributed by atoms with Crippen LogP contribution in [-0.4, -0.2) is 24.3 Å². The number of hydrogen-bond donors (Lipinski definition) is 2. The molecule has 1 saturated heterocycles. The van der Waals surface area contributed by atoms with Crippen molar-refractivity contribution in [2.45, 2.75) is 32.1 Å². The largest absolute Gasteiger partial charge is 0.310 e. The maximum Gasteiger partial charge on any atom is 0.243 e. The van der Waals surface area contributed by atoms with Gasteiger partial charge in [-0.05, 0) is 40.9 Å². The molecule has 2 fully saturated rings. The van der Waals surface area contributed by atoms with Crippen molar-refractivity contribution in [1.29, 1.82) is 0 Å². The summed E-state index contributed by atoms with van der Waals surface area (Å²) < 4.78 is 0.814. The highest BCUT2D eigenvalue weighted by Crippen LogP contribution is 2.31. The number of hydrogen-bond acceptors (Lipinski definition) is 3. The molecule has 7 heteroatoms. The quantitative estimate of drug-likeness (QED) is 0.772. The molecule has 1 saturated carbocycles. The van der Waals surface area contributed by atoms with Gasteiger partial charge in [-0.15, -0.1) is 0 Å². The Morgan fingerprint density at radius 1 is 1.04 bits per heavy atom. The molecule has 1 aromatic carbocycles. The third-order valence-corrected chi connectivity index (χ3v) is 5.34. The summed E-state index contributed by atoms with van der Waals surface area (Å²) in [5.74, 6) is -1.01. The van der Waals surface area contributed by atoms with Gasteiger partial charge >= 0.3 is 0 Å². The molecule has 0 spiro atoms. The van der Waals surface area contributed by atoms with E-state index in [1.165, 1.54) is 0 Å². The van der Waals surface area contributed by atoms with Gasteiger partial charge in [-0.3, -0.25) is 25.2 Å². The second-order valence-electron chi connectivity index (χ2n) is 6.32. The maximum atomic E-state index is 12.3. The molecule has 2 aliphatic rings. The lowest BCUT2D eigenvalue weighted by atomic mass is 10.1. The van der Waals surface area contributed by atoms with E-state index in [4.69, 9.17) is 0 Å². The number of carbonyl (C=O) groups excluding carboxylic acids is 3. The number of anilines is 1. The summed E-state index contributed by atoms with van der Waals surface area (Å²) in [6, 6.07) is 7.42. The summed E-state index contributed by atoms with van der Waals surface area (Å²) >= 11 is 3.43. The number of benzene rings is 1. The lowest BCUT2D eigenvalue weighted by Gasteiger charge is -2.18. The number of para-hydroxylation sites is 1. The molecule has 3 rings (SSSR count). The molecule has 3 amide bonds. The predicted octanol–water partition coefficient (Wildman–Crippen LogP) is 2.14. The minimum absolute atomic E-state index is 0.00715. The Bertz CT molecular complexity index is 658. The average molecular weight is 394 g/mol. The van der Waals surface area contributed by atoms with E-state index in [2.05, 4.69) is 26.8 Å². The first-order valence-electron chi connectivity index (χ1n) is 8.21. The van der Waals surface area contributed by atoms with Gasteiger partial charge in [0.2, 0.25) is 17.7 Å². The van der Waals surface area contributed by atoms with E-state index in [9.17, 15) is 14.4 Å². The molecule has 0 bridgehead atoms. The van der Waals surface area contributed by atoms with Crippen LogP contribution in [0.25, 0.3) is 0 Å². The molecular weight excluding hydrogens is 374 g/mol. The van der Waals surface area contributed by atoms with Crippen LogP contribution < -0.4 is 15.8 Å². The summed E-state index contributed by atoms with van der Waals surface area (Å²) in [6.45, 7) is 0.312. The maximum absolute atomic E-state index is 12.3. The Morgan fingerprint density at radius 3 is 2.33 bits per heavy atom. The molecule has 24 heavy (non-hydrogen) atoms. The number of carbonyl (C=O) groups is 3. The van der Waals surface area contributed by atoms with Crippen molar-refractivity contribution in [2.75, 3.05) is 11.4 Å². The summed E-state index contributed by atoms with van der Waals surface area (Å²) in [7, 11) is 0. The van der Waals surface area contributed by atoms with Crippen LogP contribution in [0.4, 0.5) is 5.69 Å². The Morgan fingerprint density at radius 2 is 1.67 bits per heavy atom. The highest BCUT2D eigenvalue weighted by molar-refractivity contribution is 9.10. The molecule has 6 nitrogen and oxygen atoms in total. The molecule has 1 atom stereocenters. The second-order valence-corrected chi connectivity index (χ2v) is 7.17. The standard InChI is InChI=1S/C17H20BrN3O3/c18-13-7-3-4-8-14(13)21-10-12(9-15(21)22)17(24)20-19-16(23)11-5-1-2-6-11/h3-4,7-8,11-12H,1-2,5-6,9-10H2,(H,19,23)(H,20,24)/t12-/m0/s1.